The lowest BCUT2D eigenvalue weighted by atomic mass is 9.94. The standard InChI is InChI=1S/C21H26O/c1-5-15-9-16(6-2)12-19(11-15)21(22)20-13-17(7-3)10-18(8-4)14-20/h9-14H,5-8H2,1-4H3. The van der Waals surface area contributed by atoms with Crippen molar-refractivity contribution in [1.29, 1.82) is 0 Å². The van der Waals surface area contributed by atoms with Crippen molar-refractivity contribution in [1.82, 2.24) is 0 Å². The highest BCUT2D eigenvalue weighted by Crippen LogP contribution is 2.19. The van der Waals surface area contributed by atoms with E-state index in [1.807, 2.05) is 24.3 Å². The summed E-state index contributed by atoms with van der Waals surface area (Å²) >= 11 is 0. The van der Waals surface area contributed by atoms with Gasteiger partial charge >= 0.3 is 0 Å². The fourth-order valence-corrected chi connectivity index (χ4v) is 2.77. The molecule has 0 aliphatic carbocycles. The maximum absolute atomic E-state index is 12.9. The molecule has 0 fully saturated rings. The zero-order chi connectivity index (χ0) is 16.1. The highest BCUT2D eigenvalue weighted by Gasteiger charge is 2.12. The summed E-state index contributed by atoms with van der Waals surface area (Å²) in [6, 6.07) is 12.6. The van der Waals surface area contributed by atoms with E-state index in [4.69, 9.17) is 0 Å². The number of ketones is 1. The minimum Gasteiger partial charge on any atom is -0.289 e. The molecular weight excluding hydrogens is 268 g/mol. The van der Waals surface area contributed by atoms with Crippen molar-refractivity contribution < 1.29 is 4.79 Å². The van der Waals surface area contributed by atoms with Crippen LogP contribution >= 0.6 is 0 Å². The second kappa shape index (κ2) is 7.40. The van der Waals surface area contributed by atoms with Crippen LogP contribution in [0.3, 0.4) is 0 Å². The van der Waals surface area contributed by atoms with E-state index in [9.17, 15) is 4.79 Å². The SMILES string of the molecule is CCc1cc(CC)cc(C(=O)c2cc(CC)cc(CC)c2)c1. The Morgan fingerprint density at radius 3 is 1.09 bits per heavy atom. The predicted molar refractivity (Wildman–Crippen MR) is 93.8 cm³/mol. The van der Waals surface area contributed by atoms with E-state index in [0.717, 1.165) is 36.8 Å². The Kier molecular flexibility index (Phi) is 5.54. The number of hydrogen-bond acceptors (Lipinski definition) is 1. The third kappa shape index (κ3) is 3.65. The van der Waals surface area contributed by atoms with Gasteiger partial charge in [-0.1, -0.05) is 39.8 Å². The highest BCUT2D eigenvalue weighted by molar-refractivity contribution is 6.09. The third-order valence-corrected chi connectivity index (χ3v) is 4.26. The number of carbonyl (C=O) groups is 1. The first-order chi connectivity index (χ1) is 10.6. The Hall–Kier alpha value is -1.89. The van der Waals surface area contributed by atoms with Crippen LogP contribution in [0.5, 0.6) is 0 Å². The predicted octanol–water partition coefficient (Wildman–Crippen LogP) is 5.17. The van der Waals surface area contributed by atoms with Gasteiger partial charge in [-0.25, -0.2) is 0 Å². The molecule has 0 bridgehead atoms. The van der Waals surface area contributed by atoms with Crippen molar-refractivity contribution in [3.05, 3.63) is 69.8 Å². The molecule has 0 radical (unpaired) electrons. The summed E-state index contributed by atoms with van der Waals surface area (Å²) in [6.45, 7) is 8.54. The largest absolute Gasteiger partial charge is 0.289 e. The third-order valence-electron chi connectivity index (χ3n) is 4.26. The number of aryl methyl sites for hydroxylation is 4. The zero-order valence-corrected chi connectivity index (χ0v) is 14.2. The van der Waals surface area contributed by atoms with Crippen LogP contribution in [0.2, 0.25) is 0 Å². The molecule has 2 aromatic carbocycles. The second-order valence-electron chi connectivity index (χ2n) is 5.82. The van der Waals surface area contributed by atoms with E-state index in [1.54, 1.807) is 0 Å². The van der Waals surface area contributed by atoms with Crippen molar-refractivity contribution in [3.63, 3.8) is 0 Å². The summed E-state index contributed by atoms with van der Waals surface area (Å²) in [5.74, 6) is 0.148. The van der Waals surface area contributed by atoms with Gasteiger partial charge in [0.05, 0.1) is 0 Å². The van der Waals surface area contributed by atoms with Crippen LogP contribution < -0.4 is 0 Å². The van der Waals surface area contributed by atoms with E-state index in [2.05, 4.69) is 39.8 Å². The van der Waals surface area contributed by atoms with Gasteiger partial charge < -0.3 is 0 Å². The lowest BCUT2D eigenvalue weighted by Gasteiger charge is -2.10. The summed E-state index contributed by atoms with van der Waals surface area (Å²) in [4.78, 5) is 12.9. The monoisotopic (exact) mass is 294 g/mol. The van der Waals surface area contributed by atoms with E-state index < -0.39 is 0 Å². The molecule has 0 heterocycles. The normalized spacial score (nSPS) is 10.7. The van der Waals surface area contributed by atoms with E-state index in [1.165, 1.54) is 22.3 Å². The fourth-order valence-electron chi connectivity index (χ4n) is 2.77. The quantitative estimate of drug-likeness (QED) is 0.672. The smallest absolute Gasteiger partial charge is 0.193 e. The van der Waals surface area contributed by atoms with Gasteiger partial charge in [-0.05, 0) is 72.2 Å². The first-order valence-corrected chi connectivity index (χ1v) is 8.41. The molecule has 1 heteroatoms. The Morgan fingerprint density at radius 2 is 0.864 bits per heavy atom. The molecule has 0 N–H and O–H groups in total. The summed E-state index contributed by atoms with van der Waals surface area (Å²) in [5, 5.41) is 0. The Labute approximate surface area is 134 Å². The van der Waals surface area contributed by atoms with Gasteiger partial charge in [-0.3, -0.25) is 4.79 Å². The minimum absolute atomic E-state index is 0.148. The molecule has 0 unspecified atom stereocenters. The molecule has 0 amide bonds. The van der Waals surface area contributed by atoms with Gasteiger partial charge in [0, 0.05) is 11.1 Å². The van der Waals surface area contributed by atoms with Crippen LogP contribution in [-0.2, 0) is 25.7 Å². The van der Waals surface area contributed by atoms with Crippen molar-refractivity contribution in [2.45, 2.75) is 53.4 Å². The molecule has 0 aliphatic rings. The molecule has 116 valence electrons. The van der Waals surface area contributed by atoms with Crippen molar-refractivity contribution >= 4 is 5.78 Å². The zero-order valence-electron chi connectivity index (χ0n) is 14.2. The maximum Gasteiger partial charge on any atom is 0.193 e. The minimum atomic E-state index is 0.148. The van der Waals surface area contributed by atoms with Crippen molar-refractivity contribution in [3.8, 4) is 0 Å². The summed E-state index contributed by atoms with van der Waals surface area (Å²) in [5.41, 5.74) is 6.61. The van der Waals surface area contributed by atoms with Crippen molar-refractivity contribution in [2.75, 3.05) is 0 Å². The molecule has 0 saturated heterocycles. The summed E-state index contributed by atoms with van der Waals surface area (Å²) < 4.78 is 0. The average Bonchev–Trinajstić information content (AvgIpc) is 2.59. The van der Waals surface area contributed by atoms with Gasteiger partial charge in [0.2, 0.25) is 0 Å². The maximum atomic E-state index is 12.9. The van der Waals surface area contributed by atoms with Gasteiger partial charge in [0.1, 0.15) is 0 Å². The van der Waals surface area contributed by atoms with Gasteiger partial charge in [-0.15, -0.1) is 0 Å². The van der Waals surface area contributed by atoms with Gasteiger partial charge in [0.15, 0.2) is 5.78 Å². The van der Waals surface area contributed by atoms with E-state index >= 15 is 0 Å². The molecule has 0 aliphatic heterocycles. The molecule has 0 saturated carbocycles. The van der Waals surface area contributed by atoms with Crippen LogP contribution in [0.1, 0.15) is 65.9 Å². The summed E-state index contributed by atoms with van der Waals surface area (Å²) in [7, 11) is 0. The van der Waals surface area contributed by atoms with Crippen LogP contribution in [0.25, 0.3) is 0 Å². The van der Waals surface area contributed by atoms with E-state index in [-0.39, 0.29) is 5.78 Å². The average molecular weight is 294 g/mol. The molecule has 1 nitrogen and oxygen atoms in total. The molecule has 2 aromatic rings. The molecular formula is C21H26O. The Morgan fingerprint density at radius 1 is 0.591 bits per heavy atom. The topological polar surface area (TPSA) is 17.1 Å². The Balaban J connectivity index is 2.47. The fraction of sp³-hybridized carbons (Fsp3) is 0.381. The molecule has 0 atom stereocenters. The molecule has 22 heavy (non-hydrogen) atoms. The van der Waals surface area contributed by atoms with E-state index in [0.29, 0.717) is 0 Å². The first kappa shape index (κ1) is 16.5. The molecule has 2 rings (SSSR count). The van der Waals surface area contributed by atoms with Gasteiger partial charge in [0.25, 0.3) is 0 Å². The molecule has 0 spiro atoms. The van der Waals surface area contributed by atoms with Crippen LogP contribution in [-0.4, -0.2) is 5.78 Å². The van der Waals surface area contributed by atoms with Gasteiger partial charge in [-0.2, -0.15) is 0 Å². The number of carbonyl (C=O) groups excluding carboxylic acids is 1. The highest BCUT2D eigenvalue weighted by atomic mass is 16.1. The van der Waals surface area contributed by atoms with Crippen LogP contribution in [0.4, 0.5) is 0 Å². The second-order valence-corrected chi connectivity index (χ2v) is 5.82. The van der Waals surface area contributed by atoms with Crippen LogP contribution in [0.15, 0.2) is 36.4 Å². The lowest BCUT2D eigenvalue weighted by Crippen LogP contribution is -2.05. The lowest BCUT2D eigenvalue weighted by molar-refractivity contribution is 0.103. The van der Waals surface area contributed by atoms with Crippen molar-refractivity contribution in [2.24, 2.45) is 0 Å². The van der Waals surface area contributed by atoms with Crippen LogP contribution in [0, 0.1) is 0 Å². The summed E-state index contributed by atoms with van der Waals surface area (Å²) in [6.07, 6.45) is 3.85. The number of benzene rings is 2. The Bertz CT molecular complexity index is 566. The molecule has 0 aromatic heterocycles. The first-order valence-electron chi connectivity index (χ1n) is 8.41. The number of hydrogen-bond donors (Lipinski definition) is 0. The number of rotatable bonds is 6.